The Bertz CT molecular complexity index is 327. The molecule has 0 bridgehead atoms. The van der Waals surface area contributed by atoms with Gasteiger partial charge in [-0.3, -0.25) is 9.69 Å². The number of carboxylic acid groups (broad SMARTS) is 1. The molecular formula is C8H12N4O3. The Morgan fingerprint density at radius 3 is 3.33 bits per heavy atom. The van der Waals surface area contributed by atoms with Gasteiger partial charge in [0.2, 0.25) is 0 Å². The second-order valence-electron chi connectivity index (χ2n) is 3.43. The molecule has 1 atom stereocenters. The molecular weight excluding hydrogens is 200 g/mol. The van der Waals surface area contributed by atoms with Crippen molar-refractivity contribution in [1.29, 1.82) is 0 Å². The Morgan fingerprint density at radius 1 is 1.80 bits per heavy atom. The molecule has 2 rings (SSSR count). The van der Waals surface area contributed by atoms with E-state index in [2.05, 4.69) is 20.3 Å². The average molecular weight is 212 g/mol. The smallest absolute Gasteiger partial charge is 0.322 e. The summed E-state index contributed by atoms with van der Waals surface area (Å²) in [7, 11) is 0. The summed E-state index contributed by atoms with van der Waals surface area (Å²) in [5.74, 6) is -0.821. The summed E-state index contributed by atoms with van der Waals surface area (Å²) in [6.07, 6.45) is 1.50. The maximum atomic E-state index is 11.0. The summed E-state index contributed by atoms with van der Waals surface area (Å²) < 4.78 is 4.46. The van der Waals surface area contributed by atoms with E-state index in [0.717, 1.165) is 6.54 Å². The largest absolute Gasteiger partial charge is 0.480 e. The van der Waals surface area contributed by atoms with Crippen LogP contribution in [0.15, 0.2) is 10.8 Å². The molecule has 0 radical (unpaired) electrons. The molecule has 1 fully saturated rings. The van der Waals surface area contributed by atoms with E-state index in [4.69, 9.17) is 5.11 Å². The summed E-state index contributed by atoms with van der Waals surface area (Å²) in [5.41, 5.74) is 0.656. The van der Waals surface area contributed by atoms with Gasteiger partial charge in [-0.05, 0) is 0 Å². The standard InChI is InChI=1S/C8H12N4O3/c13-8(14)7-4-9-1-2-12(7)5-6-3-10-15-11-6/h3,7,9H,1-2,4-5H2,(H,13,14). The molecule has 1 aliphatic heterocycles. The summed E-state index contributed by atoms with van der Waals surface area (Å²) in [5, 5.41) is 19.2. The lowest BCUT2D eigenvalue weighted by Gasteiger charge is -2.32. The van der Waals surface area contributed by atoms with Crippen molar-refractivity contribution in [3.63, 3.8) is 0 Å². The molecule has 82 valence electrons. The fourth-order valence-corrected chi connectivity index (χ4v) is 1.64. The third kappa shape index (κ3) is 2.31. The molecule has 1 aliphatic rings. The fraction of sp³-hybridized carbons (Fsp3) is 0.625. The number of hydrogen-bond acceptors (Lipinski definition) is 6. The number of piperazine rings is 1. The quantitative estimate of drug-likeness (QED) is 0.659. The van der Waals surface area contributed by atoms with Gasteiger partial charge in [-0.15, -0.1) is 0 Å². The van der Waals surface area contributed by atoms with Gasteiger partial charge in [-0.2, -0.15) is 0 Å². The lowest BCUT2D eigenvalue weighted by Crippen LogP contribution is -2.54. The van der Waals surface area contributed by atoms with Crippen LogP contribution in [-0.4, -0.2) is 52.0 Å². The number of aromatic nitrogens is 2. The van der Waals surface area contributed by atoms with Crippen molar-refractivity contribution in [3.05, 3.63) is 11.9 Å². The van der Waals surface area contributed by atoms with Crippen molar-refractivity contribution in [2.45, 2.75) is 12.6 Å². The van der Waals surface area contributed by atoms with Gasteiger partial charge in [-0.1, -0.05) is 10.3 Å². The van der Waals surface area contributed by atoms with Crippen molar-refractivity contribution >= 4 is 5.97 Å². The molecule has 7 nitrogen and oxygen atoms in total. The highest BCUT2D eigenvalue weighted by molar-refractivity contribution is 5.73. The van der Waals surface area contributed by atoms with Gasteiger partial charge >= 0.3 is 5.97 Å². The van der Waals surface area contributed by atoms with E-state index in [1.54, 1.807) is 0 Å². The minimum absolute atomic E-state index is 0.459. The molecule has 2 N–H and O–H groups in total. The van der Waals surface area contributed by atoms with E-state index in [1.807, 2.05) is 4.90 Å². The van der Waals surface area contributed by atoms with Crippen LogP contribution in [0.4, 0.5) is 0 Å². The van der Waals surface area contributed by atoms with Gasteiger partial charge < -0.3 is 10.4 Å². The molecule has 0 amide bonds. The molecule has 1 aromatic rings. The van der Waals surface area contributed by atoms with Crippen LogP contribution in [0.25, 0.3) is 0 Å². The van der Waals surface area contributed by atoms with Crippen LogP contribution in [0.3, 0.4) is 0 Å². The van der Waals surface area contributed by atoms with Crippen LogP contribution in [-0.2, 0) is 11.3 Å². The second-order valence-corrected chi connectivity index (χ2v) is 3.43. The number of carbonyl (C=O) groups is 1. The van der Waals surface area contributed by atoms with E-state index < -0.39 is 12.0 Å². The molecule has 15 heavy (non-hydrogen) atoms. The monoisotopic (exact) mass is 212 g/mol. The van der Waals surface area contributed by atoms with Crippen molar-refractivity contribution in [2.24, 2.45) is 0 Å². The summed E-state index contributed by atoms with van der Waals surface area (Å²) in [6, 6.07) is -0.504. The number of nitrogens with one attached hydrogen (secondary N) is 1. The Balaban J connectivity index is 2.02. The maximum absolute atomic E-state index is 11.0. The molecule has 0 saturated carbocycles. The molecule has 1 aromatic heterocycles. The van der Waals surface area contributed by atoms with Gasteiger partial charge in [-0.25, -0.2) is 4.63 Å². The highest BCUT2D eigenvalue weighted by Gasteiger charge is 2.28. The van der Waals surface area contributed by atoms with Crippen molar-refractivity contribution < 1.29 is 14.5 Å². The number of rotatable bonds is 3. The molecule has 0 spiro atoms. The Morgan fingerprint density at radius 2 is 2.67 bits per heavy atom. The van der Waals surface area contributed by atoms with Gasteiger partial charge in [0, 0.05) is 26.2 Å². The number of nitrogens with zero attached hydrogens (tertiary/aromatic N) is 3. The number of carboxylic acids is 1. The Kier molecular flexibility index (Phi) is 2.93. The van der Waals surface area contributed by atoms with E-state index >= 15 is 0 Å². The SMILES string of the molecule is O=C(O)C1CNCCN1Cc1cnon1. The summed E-state index contributed by atoms with van der Waals surface area (Å²) in [4.78, 5) is 12.8. The lowest BCUT2D eigenvalue weighted by atomic mass is 10.2. The predicted molar refractivity (Wildman–Crippen MR) is 49.0 cm³/mol. The predicted octanol–water partition coefficient (Wildman–Crippen LogP) is -1.07. The second kappa shape index (κ2) is 4.37. The molecule has 2 heterocycles. The average Bonchev–Trinajstić information content (AvgIpc) is 2.71. The van der Waals surface area contributed by atoms with E-state index in [-0.39, 0.29) is 0 Å². The molecule has 1 saturated heterocycles. The zero-order chi connectivity index (χ0) is 10.7. The Labute approximate surface area is 86.0 Å². The minimum Gasteiger partial charge on any atom is -0.480 e. The third-order valence-electron chi connectivity index (χ3n) is 2.41. The van der Waals surface area contributed by atoms with Gasteiger partial charge in [0.25, 0.3) is 0 Å². The molecule has 7 heteroatoms. The van der Waals surface area contributed by atoms with Crippen LogP contribution in [0.5, 0.6) is 0 Å². The van der Waals surface area contributed by atoms with Crippen LogP contribution in [0.1, 0.15) is 5.69 Å². The van der Waals surface area contributed by atoms with Gasteiger partial charge in [0.15, 0.2) is 0 Å². The first-order chi connectivity index (χ1) is 7.27. The first kappa shape index (κ1) is 10.1. The van der Waals surface area contributed by atoms with E-state index in [9.17, 15) is 4.79 Å². The maximum Gasteiger partial charge on any atom is 0.322 e. The highest BCUT2D eigenvalue weighted by Crippen LogP contribution is 2.08. The van der Waals surface area contributed by atoms with Crippen LogP contribution >= 0.6 is 0 Å². The van der Waals surface area contributed by atoms with Crippen molar-refractivity contribution in [3.8, 4) is 0 Å². The highest BCUT2D eigenvalue weighted by atomic mass is 16.6. The van der Waals surface area contributed by atoms with Crippen LogP contribution in [0.2, 0.25) is 0 Å². The summed E-state index contributed by atoms with van der Waals surface area (Å²) >= 11 is 0. The number of hydrogen-bond donors (Lipinski definition) is 2. The van der Waals surface area contributed by atoms with Gasteiger partial charge in [0.1, 0.15) is 11.7 Å². The zero-order valence-corrected chi connectivity index (χ0v) is 8.09. The molecule has 0 aromatic carbocycles. The lowest BCUT2D eigenvalue weighted by molar-refractivity contribution is -0.144. The van der Waals surface area contributed by atoms with Gasteiger partial charge in [0.05, 0.1) is 6.20 Å². The first-order valence-electron chi connectivity index (χ1n) is 4.71. The van der Waals surface area contributed by atoms with E-state index in [0.29, 0.717) is 25.3 Å². The Hall–Kier alpha value is -1.47. The fourth-order valence-electron chi connectivity index (χ4n) is 1.64. The zero-order valence-electron chi connectivity index (χ0n) is 8.09. The molecule has 0 aliphatic carbocycles. The summed E-state index contributed by atoms with van der Waals surface area (Å²) in [6.45, 7) is 2.39. The van der Waals surface area contributed by atoms with Crippen molar-refractivity contribution in [2.75, 3.05) is 19.6 Å². The normalized spacial score (nSPS) is 22.8. The van der Waals surface area contributed by atoms with E-state index in [1.165, 1.54) is 6.20 Å². The topological polar surface area (TPSA) is 91.5 Å². The first-order valence-corrected chi connectivity index (χ1v) is 4.71. The van der Waals surface area contributed by atoms with Crippen LogP contribution < -0.4 is 5.32 Å². The minimum atomic E-state index is -0.821. The molecule has 1 unspecified atom stereocenters. The van der Waals surface area contributed by atoms with Crippen LogP contribution in [0, 0.1) is 0 Å². The number of aliphatic carboxylic acids is 1. The van der Waals surface area contributed by atoms with Crippen molar-refractivity contribution in [1.82, 2.24) is 20.5 Å². The third-order valence-corrected chi connectivity index (χ3v) is 2.41.